The first-order valence-electron chi connectivity index (χ1n) is 8.03. The number of hydrogen-bond donors (Lipinski definition) is 2. The highest BCUT2D eigenvalue weighted by Gasteiger charge is 2.21. The van der Waals surface area contributed by atoms with Gasteiger partial charge >= 0.3 is 0 Å². The minimum Gasteiger partial charge on any atom is -0.505 e. The highest BCUT2D eigenvalue weighted by Crippen LogP contribution is 2.38. The third-order valence-electron chi connectivity index (χ3n) is 4.09. The topological polar surface area (TPSA) is 58.0 Å². The first kappa shape index (κ1) is 15.6. The Bertz CT molecular complexity index is 1010. The number of phenols is 1. The Kier molecular flexibility index (Phi) is 4.07. The van der Waals surface area contributed by atoms with Crippen molar-refractivity contribution in [2.75, 3.05) is 5.32 Å². The van der Waals surface area contributed by atoms with E-state index in [0.29, 0.717) is 5.52 Å². The van der Waals surface area contributed by atoms with Crippen molar-refractivity contribution < 1.29 is 5.11 Å². The monoisotopic (exact) mass is 347 g/mol. The van der Waals surface area contributed by atoms with Crippen molar-refractivity contribution in [2.24, 2.45) is 0 Å². The van der Waals surface area contributed by atoms with Gasteiger partial charge in [-0.15, -0.1) is 11.3 Å². The van der Waals surface area contributed by atoms with E-state index in [-0.39, 0.29) is 11.8 Å². The molecule has 1 atom stereocenters. The molecule has 0 aliphatic carbocycles. The molecule has 0 saturated heterocycles. The number of aryl methyl sites for hydroxylation is 1. The molecule has 1 aromatic carbocycles. The van der Waals surface area contributed by atoms with Crippen LogP contribution >= 0.6 is 11.3 Å². The van der Waals surface area contributed by atoms with Crippen LogP contribution in [-0.2, 0) is 0 Å². The number of phenolic OH excluding ortho intramolecular Hbond substituents is 1. The Hall–Kier alpha value is -2.92. The molecular formula is C20H17N3OS. The van der Waals surface area contributed by atoms with Crippen LogP contribution in [0.25, 0.3) is 10.9 Å². The van der Waals surface area contributed by atoms with E-state index in [0.717, 1.165) is 21.6 Å². The Morgan fingerprint density at radius 1 is 0.960 bits per heavy atom. The van der Waals surface area contributed by atoms with Crippen molar-refractivity contribution in [3.63, 3.8) is 0 Å². The van der Waals surface area contributed by atoms with Crippen molar-refractivity contribution in [3.05, 3.63) is 82.3 Å². The maximum atomic E-state index is 10.8. The van der Waals surface area contributed by atoms with E-state index in [9.17, 15) is 5.11 Å². The van der Waals surface area contributed by atoms with Gasteiger partial charge in [-0.2, -0.15) is 0 Å². The molecule has 0 unspecified atom stereocenters. The number of nitrogens with zero attached hydrogens (tertiary/aromatic N) is 2. The Morgan fingerprint density at radius 3 is 2.60 bits per heavy atom. The number of hydrogen-bond acceptors (Lipinski definition) is 5. The van der Waals surface area contributed by atoms with Crippen molar-refractivity contribution in [2.45, 2.75) is 13.0 Å². The number of aromatic hydroxyl groups is 1. The smallest absolute Gasteiger partial charge is 0.147 e. The highest BCUT2D eigenvalue weighted by atomic mass is 32.1. The first-order chi connectivity index (χ1) is 12.2. The van der Waals surface area contributed by atoms with Gasteiger partial charge in [0, 0.05) is 33.1 Å². The molecule has 0 aliphatic heterocycles. The summed E-state index contributed by atoms with van der Waals surface area (Å²) in [7, 11) is 0. The van der Waals surface area contributed by atoms with Gasteiger partial charge in [0.2, 0.25) is 0 Å². The first-order valence-corrected chi connectivity index (χ1v) is 8.84. The number of aromatic nitrogens is 2. The average Bonchev–Trinajstić information content (AvgIpc) is 3.08. The van der Waals surface area contributed by atoms with Crippen LogP contribution in [0.5, 0.6) is 5.75 Å². The Morgan fingerprint density at radius 2 is 1.84 bits per heavy atom. The summed E-state index contributed by atoms with van der Waals surface area (Å²) in [5.41, 5.74) is 1.40. The second-order valence-corrected chi connectivity index (χ2v) is 7.14. The Labute approximate surface area is 149 Å². The fraction of sp³-hybridized carbons (Fsp3) is 0.100. The summed E-state index contributed by atoms with van der Waals surface area (Å²) in [6.07, 6.45) is 3.45. The van der Waals surface area contributed by atoms with Gasteiger partial charge in [-0.3, -0.25) is 4.98 Å². The summed E-state index contributed by atoms with van der Waals surface area (Å²) in [6.45, 7) is 2.08. The zero-order chi connectivity index (χ0) is 17.2. The quantitative estimate of drug-likeness (QED) is 0.551. The second-order valence-electron chi connectivity index (χ2n) is 5.82. The molecule has 4 nitrogen and oxygen atoms in total. The van der Waals surface area contributed by atoms with Gasteiger partial charge in [-0.1, -0.05) is 24.3 Å². The molecule has 3 heterocycles. The predicted octanol–water partition coefficient (Wildman–Crippen LogP) is 4.91. The van der Waals surface area contributed by atoms with E-state index >= 15 is 0 Å². The number of rotatable bonds is 4. The van der Waals surface area contributed by atoms with E-state index in [1.807, 2.05) is 42.5 Å². The molecule has 5 heteroatoms. The summed E-state index contributed by atoms with van der Waals surface area (Å²) < 4.78 is 0. The van der Waals surface area contributed by atoms with Gasteiger partial charge in [0.15, 0.2) is 0 Å². The molecule has 0 amide bonds. The van der Waals surface area contributed by atoms with Crippen LogP contribution in [0.2, 0.25) is 0 Å². The number of pyridine rings is 2. The summed E-state index contributed by atoms with van der Waals surface area (Å²) in [5.74, 6) is 0.969. The van der Waals surface area contributed by atoms with Crippen LogP contribution in [0, 0.1) is 6.92 Å². The molecule has 0 saturated carbocycles. The van der Waals surface area contributed by atoms with Crippen molar-refractivity contribution in [1.82, 2.24) is 9.97 Å². The average molecular weight is 347 g/mol. The van der Waals surface area contributed by atoms with Crippen LogP contribution in [-0.4, -0.2) is 15.1 Å². The third kappa shape index (κ3) is 3.06. The third-order valence-corrected chi connectivity index (χ3v) is 5.16. The molecule has 0 fully saturated rings. The lowest BCUT2D eigenvalue weighted by molar-refractivity contribution is 0.472. The number of fused-ring (bicyclic) bond motifs is 1. The molecule has 3 aromatic heterocycles. The largest absolute Gasteiger partial charge is 0.505 e. The van der Waals surface area contributed by atoms with Crippen molar-refractivity contribution in [3.8, 4) is 5.75 Å². The van der Waals surface area contributed by atoms with E-state index in [1.165, 1.54) is 4.88 Å². The van der Waals surface area contributed by atoms with E-state index in [2.05, 4.69) is 34.3 Å². The van der Waals surface area contributed by atoms with Crippen LogP contribution < -0.4 is 5.32 Å². The summed E-state index contributed by atoms with van der Waals surface area (Å²) in [6, 6.07) is 17.5. The van der Waals surface area contributed by atoms with Crippen molar-refractivity contribution in [1.29, 1.82) is 0 Å². The molecule has 2 N–H and O–H groups in total. The lowest BCUT2D eigenvalue weighted by atomic mass is 10.0. The fourth-order valence-electron chi connectivity index (χ4n) is 2.88. The van der Waals surface area contributed by atoms with Gasteiger partial charge in [0.25, 0.3) is 0 Å². The number of anilines is 1. The van der Waals surface area contributed by atoms with E-state index in [4.69, 9.17) is 0 Å². The molecule has 124 valence electrons. The van der Waals surface area contributed by atoms with E-state index in [1.54, 1.807) is 23.7 Å². The summed E-state index contributed by atoms with van der Waals surface area (Å²) in [5, 5.41) is 15.2. The molecule has 0 radical (unpaired) electrons. The minimum absolute atomic E-state index is 0.194. The summed E-state index contributed by atoms with van der Waals surface area (Å²) >= 11 is 1.70. The molecular weight excluding hydrogens is 330 g/mol. The maximum Gasteiger partial charge on any atom is 0.147 e. The molecule has 0 bridgehead atoms. The maximum absolute atomic E-state index is 10.8. The molecule has 0 aliphatic rings. The minimum atomic E-state index is -0.194. The van der Waals surface area contributed by atoms with Crippen LogP contribution in [0.15, 0.2) is 67.0 Å². The SMILES string of the molecule is Cc1ccc([C@@H](Nc2ccccn2)c2ccc3cccnc3c2O)s1. The van der Waals surface area contributed by atoms with Gasteiger partial charge < -0.3 is 10.4 Å². The second kappa shape index (κ2) is 6.53. The normalized spacial score (nSPS) is 12.2. The highest BCUT2D eigenvalue weighted by molar-refractivity contribution is 7.12. The van der Waals surface area contributed by atoms with Gasteiger partial charge in [-0.25, -0.2) is 4.98 Å². The van der Waals surface area contributed by atoms with Gasteiger partial charge in [0.05, 0.1) is 6.04 Å². The standard InChI is InChI=1S/C20H17N3OS/c1-13-7-10-16(25-13)19(23-17-6-2-3-11-21-17)15-9-8-14-5-4-12-22-18(14)20(15)24/h2-12,19,24H,1H3,(H,21,23)/t19-/m0/s1. The lowest BCUT2D eigenvalue weighted by Gasteiger charge is -2.20. The zero-order valence-corrected chi connectivity index (χ0v) is 14.5. The molecule has 4 aromatic rings. The number of benzene rings is 1. The molecule has 25 heavy (non-hydrogen) atoms. The van der Waals surface area contributed by atoms with E-state index < -0.39 is 0 Å². The number of nitrogens with one attached hydrogen (secondary N) is 1. The number of thiophene rings is 1. The van der Waals surface area contributed by atoms with Gasteiger partial charge in [-0.05, 0) is 37.3 Å². The summed E-state index contributed by atoms with van der Waals surface area (Å²) in [4.78, 5) is 11.0. The predicted molar refractivity (Wildman–Crippen MR) is 102 cm³/mol. The Balaban J connectivity index is 1.84. The fourth-order valence-corrected chi connectivity index (χ4v) is 3.83. The van der Waals surface area contributed by atoms with Gasteiger partial charge in [0.1, 0.15) is 17.1 Å². The molecule has 0 spiro atoms. The lowest BCUT2D eigenvalue weighted by Crippen LogP contribution is -2.12. The molecule has 4 rings (SSSR count). The van der Waals surface area contributed by atoms with Crippen LogP contribution in [0.3, 0.4) is 0 Å². The van der Waals surface area contributed by atoms with Crippen molar-refractivity contribution >= 4 is 28.1 Å². The van der Waals surface area contributed by atoms with Crippen LogP contribution in [0.4, 0.5) is 5.82 Å². The zero-order valence-electron chi connectivity index (χ0n) is 13.7. The van der Waals surface area contributed by atoms with Crippen LogP contribution in [0.1, 0.15) is 21.4 Å².